The van der Waals surface area contributed by atoms with Crippen molar-refractivity contribution in [2.45, 2.75) is 37.5 Å². The van der Waals surface area contributed by atoms with Gasteiger partial charge in [0.1, 0.15) is 4.88 Å². The van der Waals surface area contributed by atoms with Crippen LogP contribution in [0.4, 0.5) is 0 Å². The Hall–Kier alpha value is -0.920. The van der Waals surface area contributed by atoms with E-state index in [1.54, 1.807) is 0 Å². The largest absolute Gasteiger partial charge is 0.477 e. The molecule has 0 spiro atoms. The molecule has 19 heavy (non-hydrogen) atoms. The monoisotopic (exact) mass is 303 g/mol. The molecule has 0 amide bonds. The zero-order chi connectivity index (χ0) is 14.1. The van der Waals surface area contributed by atoms with Crippen molar-refractivity contribution < 1.29 is 18.3 Å². The second-order valence-electron chi connectivity index (χ2n) is 5.29. The van der Waals surface area contributed by atoms with Crippen LogP contribution >= 0.6 is 11.3 Å². The quantitative estimate of drug-likeness (QED) is 0.874. The number of sulfonamides is 1. The van der Waals surface area contributed by atoms with Crippen LogP contribution in [0.5, 0.6) is 0 Å². The van der Waals surface area contributed by atoms with Gasteiger partial charge in [-0.3, -0.25) is 0 Å². The summed E-state index contributed by atoms with van der Waals surface area (Å²) in [4.78, 5) is 10.8. The van der Waals surface area contributed by atoms with Gasteiger partial charge in [-0.05, 0) is 24.3 Å². The average Bonchev–Trinajstić information content (AvgIpc) is 2.96. The number of nitrogens with one attached hydrogen (secondary N) is 1. The fraction of sp³-hybridized carbons (Fsp3) is 0.583. The van der Waals surface area contributed by atoms with Crippen LogP contribution in [0.3, 0.4) is 0 Å². The molecule has 1 aromatic rings. The second kappa shape index (κ2) is 5.22. The fourth-order valence-corrected chi connectivity index (χ4v) is 4.64. The van der Waals surface area contributed by atoms with Crippen molar-refractivity contribution >= 4 is 27.3 Å². The SMILES string of the molecule is CC1(CNS(=O)(=O)c2csc(C(=O)O)c2)CCCC1. The minimum atomic E-state index is -3.60. The second-order valence-corrected chi connectivity index (χ2v) is 7.97. The van der Waals surface area contributed by atoms with Crippen LogP contribution in [0.1, 0.15) is 42.3 Å². The lowest BCUT2D eigenvalue weighted by molar-refractivity contribution is 0.0702. The standard InChI is InChI=1S/C12H17NO4S2/c1-12(4-2-3-5-12)8-13-19(16,17)9-6-10(11(14)15)18-7-9/h6-7,13H,2-5,8H2,1H3,(H,14,15). The van der Waals surface area contributed by atoms with Gasteiger partial charge in [-0.15, -0.1) is 11.3 Å². The smallest absolute Gasteiger partial charge is 0.345 e. The van der Waals surface area contributed by atoms with Crippen LogP contribution < -0.4 is 4.72 Å². The summed E-state index contributed by atoms with van der Waals surface area (Å²) in [5, 5.41) is 10.2. The minimum Gasteiger partial charge on any atom is -0.477 e. The lowest BCUT2D eigenvalue weighted by Gasteiger charge is -2.23. The summed E-state index contributed by atoms with van der Waals surface area (Å²) in [6, 6.07) is 1.20. The Morgan fingerprint density at radius 2 is 2.11 bits per heavy atom. The van der Waals surface area contributed by atoms with Gasteiger partial charge >= 0.3 is 5.97 Å². The topological polar surface area (TPSA) is 83.5 Å². The predicted octanol–water partition coefficient (Wildman–Crippen LogP) is 2.30. The summed E-state index contributed by atoms with van der Waals surface area (Å²) in [7, 11) is -3.60. The molecule has 1 aliphatic carbocycles. The van der Waals surface area contributed by atoms with Gasteiger partial charge in [0, 0.05) is 11.9 Å². The molecule has 0 aliphatic heterocycles. The average molecular weight is 303 g/mol. The number of aromatic carboxylic acids is 1. The van der Waals surface area contributed by atoms with Gasteiger partial charge in [0.05, 0.1) is 4.90 Å². The van der Waals surface area contributed by atoms with Crippen LogP contribution in [0.15, 0.2) is 16.3 Å². The Bertz CT molecular complexity index is 570. The maximum Gasteiger partial charge on any atom is 0.345 e. The zero-order valence-electron chi connectivity index (χ0n) is 10.7. The molecule has 2 N–H and O–H groups in total. The predicted molar refractivity (Wildman–Crippen MR) is 73.0 cm³/mol. The van der Waals surface area contributed by atoms with Crippen molar-refractivity contribution in [1.29, 1.82) is 0 Å². The lowest BCUT2D eigenvalue weighted by Crippen LogP contribution is -2.33. The molecule has 1 fully saturated rings. The van der Waals surface area contributed by atoms with Crippen molar-refractivity contribution in [3.63, 3.8) is 0 Å². The molecule has 1 saturated carbocycles. The molecule has 1 aliphatic rings. The molecule has 7 heteroatoms. The van der Waals surface area contributed by atoms with Crippen LogP contribution in [-0.4, -0.2) is 26.0 Å². The van der Waals surface area contributed by atoms with Gasteiger partial charge in [0.25, 0.3) is 0 Å². The van der Waals surface area contributed by atoms with Gasteiger partial charge in [-0.2, -0.15) is 0 Å². The fourth-order valence-electron chi connectivity index (χ4n) is 2.33. The maximum absolute atomic E-state index is 12.1. The van der Waals surface area contributed by atoms with E-state index in [4.69, 9.17) is 5.11 Å². The molecule has 0 atom stereocenters. The van der Waals surface area contributed by atoms with Crippen LogP contribution in [0, 0.1) is 5.41 Å². The van der Waals surface area contributed by atoms with E-state index < -0.39 is 16.0 Å². The third-order valence-electron chi connectivity index (χ3n) is 3.60. The molecule has 106 valence electrons. The van der Waals surface area contributed by atoms with E-state index in [2.05, 4.69) is 11.6 Å². The summed E-state index contributed by atoms with van der Waals surface area (Å²) in [6.07, 6.45) is 4.33. The zero-order valence-corrected chi connectivity index (χ0v) is 12.3. The van der Waals surface area contributed by atoms with E-state index in [9.17, 15) is 13.2 Å². The summed E-state index contributed by atoms with van der Waals surface area (Å²) in [6.45, 7) is 2.49. The lowest BCUT2D eigenvalue weighted by atomic mass is 9.89. The van der Waals surface area contributed by atoms with Gasteiger partial charge in [0.15, 0.2) is 0 Å². The number of rotatable bonds is 5. The molecule has 0 bridgehead atoms. The number of carboxylic acid groups (broad SMARTS) is 1. The highest BCUT2D eigenvalue weighted by molar-refractivity contribution is 7.89. The Kier molecular flexibility index (Phi) is 3.98. The third-order valence-corrected chi connectivity index (χ3v) is 6.04. The highest BCUT2D eigenvalue weighted by Gasteiger charge is 2.30. The summed E-state index contributed by atoms with van der Waals surface area (Å²) >= 11 is 0.923. The number of carboxylic acids is 1. The van der Waals surface area contributed by atoms with Crippen LogP contribution in [-0.2, 0) is 10.0 Å². The minimum absolute atomic E-state index is 0.0265. The van der Waals surface area contributed by atoms with Crippen molar-refractivity contribution in [2.24, 2.45) is 5.41 Å². The van der Waals surface area contributed by atoms with Crippen molar-refractivity contribution in [1.82, 2.24) is 4.72 Å². The van der Waals surface area contributed by atoms with E-state index in [0.29, 0.717) is 6.54 Å². The maximum atomic E-state index is 12.1. The van der Waals surface area contributed by atoms with E-state index in [0.717, 1.165) is 37.0 Å². The van der Waals surface area contributed by atoms with E-state index in [-0.39, 0.29) is 15.2 Å². The first-order valence-corrected chi connectivity index (χ1v) is 8.50. The molecule has 0 saturated heterocycles. The molecule has 0 aromatic carbocycles. The molecular weight excluding hydrogens is 286 g/mol. The Balaban J connectivity index is 2.07. The Labute approximate surface area is 116 Å². The van der Waals surface area contributed by atoms with Gasteiger partial charge in [-0.25, -0.2) is 17.9 Å². The van der Waals surface area contributed by atoms with E-state index in [1.807, 2.05) is 0 Å². The molecule has 0 unspecified atom stereocenters. The van der Waals surface area contributed by atoms with Crippen LogP contribution in [0.25, 0.3) is 0 Å². The molecule has 5 nitrogen and oxygen atoms in total. The molecule has 0 radical (unpaired) electrons. The highest BCUT2D eigenvalue weighted by atomic mass is 32.2. The van der Waals surface area contributed by atoms with E-state index in [1.165, 1.54) is 11.4 Å². The number of carbonyl (C=O) groups is 1. The normalized spacial score (nSPS) is 18.6. The first-order chi connectivity index (χ1) is 8.82. The van der Waals surface area contributed by atoms with Crippen LogP contribution in [0.2, 0.25) is 0 Å². The van der Waals surface area contributed by atoms with E-state index >= 15 is 0 Å². The Morgan fingerprint density at radius 3 is 2.63 bits per heavy atom. The van der Waals surface area contributed by atoms with Gasteiger partial charge < -0.3 is 5.11 Å². The molecule has 1 aromatic heterocycles. The number of thiophene rings is 1. The molecule has 2 rings (SSSR count). The first-order valence-electron chi connectivity index (χ1n) is 6.14. The van der Waals surface area contributed by atoms with Gasteiger partial charge in [-0.1, -0.05) is 19.8 Å². The third kappa shape index (κ3) is 3.34. The molecular formula is C12H17NO4S2. The highest BCUT2D eigenvalue weighted by Crippen LogP contribution is 2.37. The van der Waals surface area contributed by atoms with Crippen molar-refractivity contribution in [3.8, 4) is 0 Å². The van der Waals surface area contributed by atoms with Gasteiger partial charge in [0.2, 0.25) is 10.0 Å². The Morgan fingerprint density at radius 1 is 1.47 bits per heavy atom. The van der Waals surface area contributed by atoms with Crippen molar-refractivity contribution in [3.05, 3.63) is 16.3 Å². The number of hydrogen-bond donors (Lipinski definition) is 2. The van der Waals surface area contributed by atoms with Crippen molar-refractivity contribution in [2.75, 3.05) is 6.54 Å². The summed E-state index contributed by atoms with van der Waals surface area (Å²) in [5.74, 6) is -1.10. The first kappa shape index (κ1) is 14.5. The summed E-state index contributed by atoms with van der Waals surface area (Å²) < 4.78 is 26.7. The summed E-state index contributed by atoms with van der Waals surface area (Å²) in [5.41, 5.74) is 0.0265. The molecule has 1 heterocycles. The number of hydrogen-bond acceptors (Lipinski definition) is 4.